The Hall–Kier alpha value is -2.02. The number of amides is 2. The van der Waals surface area contributed by atoms with Crippen molar-refractivity contribution in [3.05, 3.63) is 39.5 Å². The number of fused-ring (bicyclic) bond motifs is 1. The van der Waals surface area contributed by atoms with Gasteiger partial charge >= 0.3 is 12.2 Å². The van der Waals surface area contributed by atoms with E-state index in [9.17, 15) is 27.5 Å². The van der Waals surface area contributed by atoms with E-state index in [4.69, 9.17) is 5.73 Å². The molecule has 1 aromatic heterocycles. The molecule has 38 heavy (non-hydrogen) atoms. The second kappa shape index (κ2) is 10.2. The number of nitrogens with two attached hydrogens (primary N) is 1. The molecule has 210 valence electrons. The number of aromatic nitrogens is 1. The molecular formula is C26H35F4N5O2S. The molecule has 3 aliphatic carbocycles. The van der Waals surface area contributed by atoms with Crippen LogP contribution < -0.4 is 11.1 Å². The zero-order valence-corrected chi connectivity index (χ0v) is 22.3. The third kappa shape index (κ3) is 5.50. The number of β-amino-alcohol motifs (C(OH)–C–C–N with tert-alkyl or cyclic N) is 1. The van der Waals surface area contributed by atoms with Gasteiger partial charge in [-0.05, 0) is 51.0 Å². The maximum Gasteiger partial charge on any atom is 0.415 e. The molecule has 7 nitrogen and oxygen atoms in total. The van der Waals surface area contributed by atoms with Crippen LogP contribution in [0, 0.1) is 5.92 Å². The Morgan fingerprint density at radius 1 is 1.39 bits per heavy atom. The SMILES string of the molecule is CC1(F)CC=C(NC(=O)N(CCN2CCC(O)C2)[C@@H]2CC[C@]3(c4cnc(CN)s4)CC3C2)C=C1C(F)(F)F. The first-order valence-corrected chi connectivity index (χ1v) is 14.0. The molecule has 2 heterocycles. The minimum Gasteiger partial charge on any atom is -0.392 e. The molecular weight excluding hydrogens is 522 g/mol. The number of carbonyl (C=O) groups is 1. The second-order valence-corrected chi connectivity index (χ2v) is 12.4. The van der Waals surface area contributed by atoms with E-state index in [0.29, 0.717) is 44.6 Å². The predicted molar refractivity (Wildman–Crippen MR) is 136 cm³/mol. The van der Waals surface area contributed by atoms with Crippen LogP contribution in [0.5, 0.6) is 0 Å². The smallest absolute Gasteiger partial charge is 0.392 e. The summed E-state index contributed by atoms with van der Waals surface area (Å²) in [6.45, 7) is 3.55. The van der Waals surface area contributed by atoms with Crippen molar-refractivity contribution in [3.63, 3.8) is 0 Å². The van der Waals surface area contributed by atoms with Gasteiger partial charge in [0.2, 0.25) is 0 Å². The monoisotopic (exact) mass is 557 g/mol. The summed E-state index contributed by atoms with van der Waals surface area (Å²) in [4.78, 5) is 23.0. The van der Waals surface area contributed by atoms with Gasteiger partial charge in [-0.15, -0.1) is 11.3 Å². The van der Waals surface area contributed by atoms with E-state index in [2.05, 4.69) is 15.2 Å². The van der Waals surface area contributed by atoms with E-state index in [-0.39, 0.29) is 23.3 Å². The zero-order chi connectivity index (χ0) is 27.3. The number of aliphatic hydroxyl groups is 1. The van der Waals surface area contributed by atoms with Gasteiger partial charge in [-0.25, -0.2) is 14.2 Å². The summed E-state index contributed by atoms with van der Waals surface area (Å²) >= 11 is 1.65. The summed E-state index contributed by atoms with van der Waals surface area (Å²) in [7, 11) is 0. The first kappa shape index (κ1) is 27.5. The molecule has 1 saturated heterocycles. The molecule has 1 aliphatic heterocycles. The maximum atomic E-state index is 14.6. The molecule has 5 atom stereocenters. The molecule has 2 saturated carbocycles. The maximum absolute atomic E-state index is 14.6. The van der Waals surface area contributed by atoms with Crippen LogP contribution in [0.4, 0.5) is 22.4 Å². The summed E-state index contributed by atoms with van der Waals surface area (Å²) in [5, 5.41) is 13.4. The zero-order valence-electron chi connectivity index (χ0n) is 21.4. The van der Waals surface area contributed by atoms with E-state index >= 15 is 0 Å². The molecule has 0 radical (unpaired) electrons. The highest BCUT2D eigenvalue weighted by Gasteiger charge is 2.59. The topological polar surface area (TPSA) is 94.7 Å². The van der Waals surface area contributed by atoms with Crippen LogP contribution in [0.3, 0.4) is 0 Å². The predicted octanol–water partition coefficient (Wildman–Crippen LogP) is 3.99. The first-order valence-electron chi connectivity index (χ1n) is 13.2. The number of halogens is 4. The van der Waals surface area contributed by atoms with Crippen LogP contribution in [0.15, 0.2) is 29.6 Å². The Bertz CT molecular complexity index is 1120. The number of rotatable bonds is 7. The van der Waals surface area contributed by atoms with Gasteiger partial charge in [-0.3, -0.25) is 4.90 Å². The molecule has 4 N–H and O–H groups in total. The van der Waals surface area contributed by atoms with Gasteiger partial charge in [0.1, 0.15) is 10.7 Å². The molecule has 3 fully saturated rings. The van der Waals surface area contributed by atoms with Crippen LogP contribution in [0.25, 0.3) is 0 Å². The number of allylic oxidation sites excluding steroid dienone is 3. The number of hydrogen-bond acceptors (Lipinski definition) is 6. The van der Waals surface area contributed by atoms with E-state index in [0.717, 1.165) is 44.2 Å². The number of carbonyl (C=O) groups excluding carboxylic acids is 1. The lowest BCUT2D eigenvalue weighted by Crippen LogP contribution is -2.50. The molecule has 0 spiro atoms. The van der Waals surface area contributed by atoms with Crippen molar-refractivity contribution < 1.29 is 27.5 Å². The van der Waals surface area contributed by atoms with Crippen molar-refractivity contribution in [1.29, 1.82) is 0 Å². The van der Waals surface area contributed by atoms with Gasteiger partial charge in [-0.2, -0.15) is 13.2 Å². The molecule has 2 amide bonds. The summed E-state index contributed by atoms with van der Waals surface area (Å²) in [5.41, 5.74) is 1.97. The number of likely N-dealkylation sites (tertiary alicyclic amines) is 1. The van der Waals surface area contributed by atoms with E-state index in [1.54, 1.807) is 16.2 Å². The van der Waals surface area contributed by atoms with Crippen molar-refractivity contribution in [2.75, 3.05) is 26.2 Å². The number of thiazole rings is 1. The van der Waals surface area contributed by atoms with Crippen LogP contribution in [-0.4, -0.2) is 76.1 Å². The molecule has 4 aliphatic rings. The lowest BCUT2D eigenvalue weighted by Gasteiger charge is -2.37. The lowest BCUT2D eigenvalue weighted by molar-refractivity contribution is -0.109. The van der Waals surface area contributed by atoms with E-state index in [1.165, 1.54) is 11.0 Å². The van der Waals surface area contributed by atoms with Gasteiger partial charge in [0.15, 0.2) is 0 Å². The minimum atomic E-state index is -4.83. The third-order valence-electron chi connectivity index (χ3n) is 8.66. The highest BCUT2D eigenvalue weighted by Crippen LogP contribution is 2.63. The number of hydrogen-bond donors (Lipinski definition) is 3. The van der Waals surface area contributed by atoms with Gasteiger partial charge in [-0.1, -0.05) is 6.08 Å². The lowest BCUT2D eigenvalue weighted by atomic mass is 9.84. The van der Waals surface area contributed by atoms with E-state index < -0.39 is 29.9 Å². The molecule has 3 unspecified atom stereocenters. The van der Waals surface area contributed by atoms with Crippen molar-refractivity contribution >= 4 is 17.4 Å². The summed E-state index contributed by atoms with van der Waals surface area (Å²) in [6.07, 6.45) is 2.46. The van der Waals surface area contributed by atoms with Crippen molar-refractivity contribution in [3.8, 4) is 0 Å². The average molecular weight is 558 g/mol. The molecule has 5 rings (SSSR count). The van der Waals surface area contributed by atoms with Gasteiger partial charge < -0.3 is 21.1 Å². The van der Waals surface area contributed by atoms with Crippen molar-refractivity contribution in [1.82, 2.24) is 20.1 Å². The number of nitrogens with one attached hydrogen (secondary N) is 1. The number of nitrogens with zero attached hydrogens (tertiary/aromatic N) is 3. The fourth-order valence-corrected chi connectivity index (χ4v) is 7.46. The van der Waals surface area contributed by atoms with Crippen molar-refractivity contribution in [2.45, 2.75) is 81.4 Å². The Balaban J connectivity index is 1.30. The van der Waals surface area contributed by atoms with Gasteiger partial charge in [0.25, 0.3) is 0 Å². The van der Waals surface area contributed by atoms with Gasteiger partial charge in [0, 0.05) is 67.4 Å². The number of alkyl halides is 4. The minimum absolute atomic E-state index is 0.0328. The highest BCUT2D eigenvalue weighted by atomic mass is 32.1. The largest absolute Gasteiger partial charge is 0.415 e. The second-order valence-electron chi connectivity index (χ2n) is 11.3. The quantitative estimate of drug-likeness (QED) is 0.441. The molecule has 12 heteroatoms. The molecule has 0 aromatic carbocycles. The Morgan fingerprint density at radius 2 is 2.18 bits per heavy atom. The Kier molecular flexibility index (Phi) is 7.38. The van der Waals surface area contributed by atoms with Crippen LogP contribution in [-0.2, 0) is 12.0 Å². The van der Waals surface area contributed by atoms with Gasteiger partial charge in [0.05, 0.1) is 11.7 Å². The van der Waals surface area contributed by atoms with E-state index in [1.807, 2.05) is 6.20 Å². The fraction of sp³-hybridized carbons (Fsp3) is 0.692. The van der Waals surface area contributed by atoms with Crippen LogP contribution in [0.1, 0.15) is 55.3 Å². The summed E-state index contributed by atoms with van der Waals surface area (Å²) in [6, 6.07) is -0.538. The third-order valence-corrected chi connectivity index (χ3v) is 9.90. The normalized spacial score (nSPS) is 33.4. The number of urea groups is 1. The average Bonchev–Trinajstić information content (AvgIpc) is 3.15. The van der Waals surface area contributed by atoms with Crippen LogP contribution in [0.2, 0.25) is 0 Å². The number of aliphatic hydroxyl groups excluding tert-OH is 1. The molecule has 0 bridgehead atoms. The van der Waals surface area contributed by atoms with Crippen LogP contribution >= 0.6 is 11.3 Å². The summed E-state index contributed by atoms with van der Waals surface area (Å²) < 4.78 is 55.0. The van der Waals surface area contributed by atoms with Crippen molar-refractivity contribution in [2.24, 2.45) is 11.7 Å². The summed E-state index contributed by atoms with van der Waals surface area (Å²) in [5.74, 6) is 0.411. The molecule has 1 aromatic rings. The first-order chi connectivity index (χ1) is 17.9. The Labute approximate surface area is 223 Å². The Morgan fingerprint density at radius 3 is 2.82 bits per heavy atom. The highest BCUT2D eigenvalue weighted by molar-refractivity contribution is 7.11. The standard InChI is InChI=1S/C26H35F4N5O2S/c1-24(27)5-2-17(11-20(24)26(28,29)30)33-23(37)35(9-8-34-7-4-19(36)15-34)18-3-6-25(12-16(25)10-18)21-14-32-22(13-31)38-21/h2,11,14,16,18-19,36H,3-10,12-13,15,31H2,1H3,(H,33,37)/t16?,18-,19?,24?,25+/m1/s1. The fourth-order valence-electron chi connectivity index (χ4n) is 6.36.